The largest absolute Gasteiger partial charge is 0.483 e. The van der Waals surface area contributed by atoms with Crippen LogP contribution < -0.4 is 4.74 Å². The van der Waals surface area contributed by atoms with Crippen LogP contribution in [0.3, 0.4) is 0 Å². The maximum atomic E-state index is 11.5. The zero-order chi connectivity index (χ0) is 10.7. The van der Waals surface area contributed by atoms with E-state index in [9.17, 15) is 9.90 Å². The van der Waals surface area contributed by atoms with Gasteiger partial charge in [0.2, 0.25) is 0 Å². The molecular weight excluding hydrogens is 192 g/mol. The second-order valence-corrected chi connectivity index (χ2v) is 3.82. The summed E-state index contributed by atoms with van der Waals surface area (Å²) in [7, 11) is 0. The number of carbonyl (C=O) groups is 1. The molecule has 2 rings (SSSR count). The van der Waals surface area contributed by atoms with Crippen LogP contribution in [0.4, 0.5) is 0 Å². The van der Waals surface area contributed by atoms with Crippen LogP contribution in [0.5, 0.6) is 5.75 Å². The molecule has 2 unspecified atom stereocenters. The number of aliphatic hydroxyl groups is 1. The van der Waals surface area contributed by atoms with Gasteiger partial charge < -0.3 is 9.84 Å². The first kappa shape index (κ1) is 10.2. The van der Waals surface area contributed by atoms with Crippen molar-refractivity contribution in [2.24, 2.45) is 0 Å². The molecule has 1 fully saturated rings. The lowest BCUT2D eigenvalue weighted by Crippen LogP contribution is -2.35. The fourth-order valence-electron chi connectivity index (χ4n) is 1.76. The number of carbonyl (C=O) groups excluding carboxylic acids is 1. The Labute approximate surface area is 88.7 Å². The normalized spacial score (nSPS) is 26.3. The molecule has 0 aliphatic heterocycles. The lowest BCUT2D eigenvalue weighted by molar-refractivity contribution is -0.131. The molecule has 1 aromatic carbocycles. The van der Waals surface area contributed by atoms with Gasteiger partial charge in [-0.2, -0.15) is 0 Å². The van der Waals surface area contributed by atoms with Crippen LogP contribution in [-0.4, -0.2) is 23.1 Å². The number of ketones is 1. The molecule has 0 spiro atoms. The molecule has 15 heavy (non-hydrogen) atoms. The summed E-state index contributed by atoms with van der Waals surface area (Å²) in [6, 6.07) is 9.31. The van der Waals surface area contributed by atoms with Crippen LogP contribution in [0, 0.1) is 0 Å². The number of aliphatic hydroxyl groups excluding tert-OH is 1. The lowest BCUT2D eigenvalue weighted by Gasteiger charge is -2.24. The third kappa shape index (κ3) is 2.57. The van der Waals surface area contributed by atoms with Crippen molar-refractivity contribution >= 4 is 5.78 Å². The van der Waals surface area contributed by atoms with Crippen molar-refractivity contribution < 1.29 is 14.6 Å². The van der Waals surface area contributed by atoms with Gasteiger partial charge in [-0.05, 0) is 25.0 Å². The van der Waals surface area contributed by atoms with Crippen LogP contribution in [0.15, 0.2) is 30.3 Å². The molecule has 1 N–H and O–H groups in total. The molecule has 80 valence electrons. The quantitative estimate of drug-likeness (QED) is 0.798. The SMILES string of the molecule is O=C1CC(O)CCC1Oc1ccccc1. The standard InChI is InChI=1S/C12H14O3/c13-9-6-7-12(11(14)8-9)15-10-4-2-1-3-5-10/h1-5,9,12-13H,6-8H2. The molecule has 0 heterocycles. The Hall–Kier alpha value is -1.35. The highest BCUT2D eigenvalue weighted by Crippen LogP contribution is 2.21. The van der Waals surface area contributed by atoms with E-state index in [1.54, 1.807) is 0 Å². The van der Waals surface area contributed by atoms with Gasteiger partial charge in [0.05, 0.1) is 6.10 Å². The monoisotopic (exact) mass is 206 g/mol. The van der Waals surface area contributed by atoms with Crippen molar-refractivity contribution in [2.75, 3.05) is 0 Å². The highest BCUT2D eigenvalue weighted by Gasteiger charge is 2.28. The molecule has 0 bridgehead atoms. The smallest absolute Gasteiger partial charge is 0.175 e. The Kier molecular flexibility index (Phi) is 3.02. The van der Waals surface area contributed by atoms with Gasteiger partial charge in [-0.25, -0.2) is 0 Å². The summed E-state index contributed by atoms with van der Waals surface area (Å²) in [5.41, 5.74) is 0. The molecular formula is C12H14O3. The minimum absolute atomic E-state index is 0.00222. The zero-order valence-corrected chi connectivity index (χ0v) is 8.43. The first-order valence-electron chi connectivity index (χ1n) is 5.18. The first-order chi connectivity index (χ1) is 7.25. The number of rotatable bonds is 2. The van der Waals surface area contributed by atoms with E-state index in [4.69, 9.17) is 4.74 Å². The summed E-state index contributed by atoms with van der Waals surface area (Å²) in [5, 5.41) is 9.29. The minimum Gasteiger partial charge on any atom is -0.483 e. The molecule has 3 nitrogen and oxygen atoms in total. The summed E-state index contributed by atoms with van der Waals surface area (Å²) in [6.45, 7) is 0. The van der Waals surface area contributed by atoms with Gasteiger partial charge in [0.15, 0.2) is 11.9 Å². The van der Waals surface area contributed by atoms with Crippen LogP contribution in [0.1, 0.15) is 19.3 Å². The zero-order valence-electron chi connectivity index (χ0n) is 8.43. The Morgan fingerprint density at radius 1 is 1.20 bits per heavy atom. The molecule has 1 aromatic rings. The Morgan fingerprint density at radius 3 is 2.60 bits per heavy atom. The van der Waals surface area contributed by atoms with Crippen LogP contribution in [-0.2, 0) is 4.79 Å². The summed E-state index contributed by atoms with van der Waals surface area (Å²) in [4.78, 5) is 11.5. The van der Waals surface area contributed by atoms with Gasteiger partial charge in [-0.3, -0.25) is 4.79 Å². The van der Waals surface area contributed by atoms with E-state index < -0.39 is 6.10 Å². The fourth-order valence-corrected chi connectivity index (χ4v) is 1.76. The average molecular weight is 206 g/mol. The highest BCUT2D eigenvalue weighted by atomic mass is 16.5. The summed E-state index contributed by atoms with van der Waals surface area (Å²) < 4.78 is 5.56. The number of para-hydroxylation sites is 1. The maximum Gasteiger partial charge on any atom is 0.175 e. The van der Waals surface area contributed by atoms with E-state index in [0.29, 0.717) is 18.6 Å². The highest BCUT2D eigenvalue weighted by molar-refractivity contribution is 5.84. The van der Waals surface area contributed by atoms with Crippen LogP contribution >= 0.6 is 0 Å². The molecule has 1 saturated carbocycles. The number of ether oxygens (including phenoxy) is 1. The molecule has 1 aliphatic carbocycles. The first-order valence-corrected chi connectivity index (χ1v) is 5.18. The van der Waals surface area contributed by atoms with Gasteiger partial charge in [-0.15, -0.1) is 0 Å². The summed E-state index contributed by atoms with van der Waals surface area (Å²) in [5.74, 6) is 0.713. The van der Waals surface area contributed by atoms with E-state index in [1.165, 1.54) is 0 Å². The molecule has 0 amide bonds. The Balaban J connectivity index is 1.98. The van der Waals surface area contributed by atoms with Crippen molar-refractivity contribution in [3.05, 3.63) is 30.3 Å². The van der Waals surface area contributed by atoms with Gasteiger partial charge >= 0.3 is 0 Å². The third-order valence-electron chi connectivity index (χ3n) is 2.58. The van der Waals surface area contributed by atoms with Crippen LogP contribution in [0.2, 0.25) is 0 Å². The molecule has 3 heteroatoms. The number of hydrogen-bond donors (Lipinski definition) is 1. The van der Waals surface area contributed by atoms with Crippen molar-refractivity contribution in [3.63, 3.8) is 0 Å². The second kappa shape index (κ2) is 4.45. The number of benzene rings is 1. The van der Waals surface area contributed by atoms with Crippen molar-refractivity contribution in [1.29, 1.82) is 0 Å². The predicted molar refractivity (Wildman–Crippen MR) is 55.7 cm³/mol. The Bertz CT molecular complexity index is 334. The molecule has 0 saturated heterocycles. The van der Waals surface area contributed by atoms with E-state index in [1.807, 2.05) is 30.3 Å². The summed E-state index contributed by atoms with van der Waals surface area (Å²) in [6.07, 6.45) is 0.610. The van der Waals surface area contributed by atoms with E-state index in [-0.39, 0.29) is 18.3 Å². The molecule has 2 atom stereocenters. The van der Waals surface area contributed by atoms with E-state index in [2.05, 4.69) is 0 Å². The van der Waals surface area contributed by atoms with E-state index in [0.717, 1.165) is 0 Å². The maximum absolute atomic E-state index is 11.5. The lowest BCUT2D eigenvalue weighted by atomic mass is 9.94. The Morgan fingerprint density at radius 2 is 1.93 bits per heavy atom. The van der Waals surface area contributed by atoms with Gasteiger partial charge in [0.25, 0.3) is 0 Å². The number of hydrogen-bond acceptors (Lipinski definition) is 3. The molecule has 0 aromatic heterocycles. The van der Waals surface area contributed by atoms with E-state index >= 15 is 0 Å². The molecule has 0 radical (unpaired) electrons. The van der Waals surface area contributed by atoms with Gasteiger partial charge in [-0.1, -0.05) is 18.2 Å². The van der Waals surface area contributed by atoms with Crippen LogP contribution in [0.25, 0.3) is 0 Å². The van der Waals surface area contributed by atoms with Gasteiger partial charge in [0, 0.05) is 6.42 Å². The van der Waals surface area contributed by atoms with Gasteiger partial charge in [0.1, 0.15) is 5.75 Å². The molecule has 1 aliphatic rings. The number of Topliss-reactive ketones (excluding diaryl/α,β-unsaturated/α-hetero) is 1. The second-order valence-electron chi connectivity index (χ2n) is 3.82. The predicted octanol–water partition coefficient (Wildman–Crippen LogP) is 1.55. The van der Waals surface area contributed by atoms with Crippen molar-refractivity contribution in [1.82, 2.24) is 0 Å². The topological polar surface area (TPSA) is 46.5 Å². The van der Waals surface area contributed by atoms with Crippen molar-refractivity contribution in [2.45, 2.75) is 31.5 Å². The van der Waals surface area contributed by atoms with Crippen molar-refractivity contribution in [3.8, 4) is 5.75 Å². The third-order valence-corrected chi connectivity index (χ3v) is 2.58. The summed E-state index contributed by atoms with van der Waals surface area (Å²) >= 11 is 0. The minimum atomic E-state index is -0.479. The fraction of sp³-hybridized carbons (Fsp3) is 0.417. The average Bonchev–Trinajstić information content (AvgIpc) is 2.24.